The highest BCUT2D eigenvalue weighted by Crippen LogP contribution is 2.00. The van der Waals surface area contributed by atoms with Crippen LogP contribution in [-0.2, 0) is 18.9 Å². The van der Waals surface area contributed by atoms with Crippen LogP contribution < -0.4 is 0 Å². The number of hydrogen-bond acceptors (Lipinski definition) is 6. The summed E-state index contributed by atoms with van der Waals surface area (Å²) in [5.41, 5.74) is 0. The molecule has 20 heavy (non-hydrogen) atoms. The first kappa shape index (κ1) is 19.8. The zero-order valence-electron chi connectivity index (χ0n) is 13.6. The summed E-state index contributed by atoms with van der Waals surface area (Å²) < 4.78 is 21.3. The molecule has 0 saturated carbocycles. The van der Waals surface area contributed by atoms with Gasteiger partial charge < -0.3 is 18.9 Å². The van der Waals surface area contributed by atoms with Crippen LogP contribution in [0.4, 0.5) is 0 Å². The van der Waals surface area contributed by atoms with Gasteiger partial charge in [0.05, 0.1) is 26.4 Å². The van der Waals surface area contributed by atoms with Crippen molar-refractivity contribution in [1.82, 2.24) is 10.0 Å². The molecule has 0 radical (unpaired) electrons. The predicted octanol–water partition coefficient (Wildman–Crippen LogP) is 0.871. The Morgan fingerprint density at radius 2 is 0.950 bits per heavy atom. The monoisotopic (exact) mass is 292 g/mol. The molecule has 0 bridgehead atoms. The van der Waals surface area contributed by atoms with E-state index in [0.717, 1.165) is 52.6 Å². The molecule has 0 aliphatic carbocycles. The summed E-state index contributed by atoms with van der Waals surface area (Å²) in [6.45, 7) is 11.8. The summed E-state index contributed by atoms with van der Waals surface area (Å²) >= 11 is 0. The maximum Gasteiger partial charge on any atom is 0.0607 e. The zero-order chi connectivity index (χ0) is 15.1. The molecule has 0 atom stereocenters. The van der Waals surface area contributed by atoms with Gasteiger partial charge in [0.1, 0.15) is 0 Å². The minimum absolute atomic E-state index is 0.698. The fourth-order valence-corrected chi connectivity index (χ4v) is 1.81. The smallest absolute Gasteiger partial charge is 0.0607 e. The van der Waals surface area contributed by atoms with Crippen LogP contribution >= 0.6 is 0 Å². The van der Waals surface area contributed by atoms with E-state index in [1.807, 2.05) is 13.8 Å². The second kappa shape index (κ2) is 15.2. The fourth-order valence-electron chi connectivity index (χ4n) is 1.81. The summed E-state index contributed by atoms with van der Waals surface area (Å²) in [5, 5.41) is 4.52. The molecular formula is C14H32N2O4. The maximum atomic E-state index is 5.46. The molecule has 0 aliphatic rings. The summed E-state index contributed by atoms with van der Waals surface area (Å²) in [6, 6.07) is 0. The standard InChI is InChI=1S/C14H32N2O4/c1-5-19-13-9-16(10-14-20-6-2)15(7-11-17-3)8-12-18-4/h5-14H2,1-4H3. The van der Waals surface area contributed by atoms with E-state index in [1.54, 1.807) is 14.2 Å². The van der Waals surface area contributed by atoms with Gasteiger partial charge in [0, 0.05) is 53.6 Å². The zero-order valence-corrected chi connectivity index (χ0v) is 13.6. The van der Waals surface area contributed by atoms with Crippen LogP contribution in [0.3, 0.4) is 0 Å². The Hall–Kier alpha value is -0.240. The van der Waals surface area contributed by atoms with Crippen molar-refractivity contribution in [3.05, 3.63) is 0 Å². The van der Waals surface area contributed by atoms with E-state index in [1.165, 1.54) is 0 Å². The second-order valence-electron chi connectivity index (χ2n) is 4.29. The molecule has 6 heteroatoms. The van der Waals surface area contributed by atoms with Crippen LogP contribution in [0.25, 0.3) is 0 Å². The van der Waals surface area contributed by atoms with Crippen LogP contribution in [0.2, 0.25) is 0 Å². The molecule has 122 valence electrons. The van der Waals surface area contributed by atoms with Gasteiger partial charge in [-0.1, -0.05) is 0 Å². The van der Waals surface area contributed by atoms with Crippen molar-refractivity contribution in [1.29, 1.82) is 0 Å². The first-order valence-electron chi connectivity index (χ1n) is 7.43. The van der Waals surface area contributed by atoms with Crippen molar-refractivity contribution in [2.45, 2.75) is 13.8 Å². The molecule has 0 N–H and O–H groups in total. The molecule has 0 fully saturated rings. The van der Waals surface area contributed by atoms with Crippen molar-refractivity contribution in [2.24, 2.45) is 0 Å². The number of hydrogen-bond donors (Lipinski definition) is 0. The lowest BCUT2D eigenvalue weighted by molar-refractivity contribution is -0.0760. The molecule has 0 saturated heterocycles. The minimum Gasteiger partial charge on any atom is -0.383 e. The molecule has 0 spiro atoms. The van der Waals surface area contributed by atoms with Gasteiger partial charge in [-0.05, 0) is 13.8 Å². The Morgan fingerprint density at radius 3 is 1.25 bits per heavy atom. The summed E-state index contributed by atoms with van der Waals surface area (Å²) in [4.78, 5) is 0. The van der Waals surface area contributed by atoms with Crippen molar-refractivity contribution in [2.75, 3.05) is 80.0 Å². The number of hydrazine groups is 1. The van der Waals surface area contributed by atoms with Crippen molar-refractivity contribution in [3.8, 4) is 0 Å². The molecule has 0 aromatic heterocycles. The Kier molecular flexibility index (Phi) is 15.0. The van der Waals surface area contributed by atoms with E-state index < -0.39 is 0 Å². The largest absolute Gasteiger partial charge is 0.383 e. The number of rotatable bonds is 15. The molecule has 0 rings (SSSR count). The fraction of sp³-hybridized carbons (Fsp3) is 1.00. The molecule has 0 aromatic rings. The molecule has 0 aromatic carbocycles. The lowest BCUT2D eigenvalue weighted by Crippen LogP contribution is -2.48. The average molecular weight is 292 g/mol. The topological polar surface area (TPSA) is 43.4 Å². The Balaban J connectivity index is 4.33. The second-order valence-corrected chi connectivity index (χ2v) is 4.29. The van der Waals surface area contributed by atoms with Crippen LogP contribution in [-0.4, -0.2) is 90.1 Å². The van der Waals surface area contributed by atoms with E-state index in [9.17, 15) is 0 Å². The third kappa shape index (κ3) is 10.5. The van der Waals surface area contributed by atoms with Gasteiger partial charge in [-0.2, -0.15) is 0 Å². The molecular weight excluding hydrogens is 260 g/mol. The first-order valence-corrected chi connectivity index (χ1v) is 7.43. The van der Waals surface area contributed by atoms with Gasteiger partial charge in [0.15, 0.2) is 0 Å². The van der Waals surface area contributed by atoms with Gasteiger partial charge in [-0.25, -0.2) is 10.0 Å². The average Bonchev–Trinajstić information content (AvgIpc) is 2.46. The molecule has 6 nitrogen and oxygen atoms in total. The van der Waals surface area contributed by atoms with Crippen LogP contribution in [0.1, 0.15) is 13.8 Å². The van der Waals surface area contributed by atoms with Crippen molar-refractivity contribution < 1.29 is 18.9 Å². The van der Waals surface area contributed by atoms with Crippen molar-refractivity contribution in [3.63, 3.8) is 0 Å². The number of ether oxygens (including phenoxy) is 4. The van der Waals surface area contributed by atoms with Gasteiger partial charge >= 0.3 is 0 Å². The highest BCUT2D eigenvalue weighted by atomic mass is 16.5. The molecule has 0 heterocycles. The number of nitrogens with zero attached hydrogens (tertiary/aromatic N) is 2. The Morgan fingerprint density at radius 1 is 0.600 bits per heavy atom. The third-order valence-corrected chi connectivity index (χ3v) is 2.90. The third-order valence-electron chi connectivity index (χ3n) is 2.90. The van der Waals surface area contributed by atoms with E-state index in [0.29, 0.717) is 13.2 Å². The summed E-state index contributed by atoms with van der Waals surface area (Å²) in [5.74, 6) is 0. The minimum atomic E-state index is 0.698. The van der Waals surface area contributed by atoms with E-state index in [4.69, 9.17) is 18.9 Å². The predicted molar refractivity (Wildman–Crippen MR) is 79.9 cm³/mol. The normalized spacial score (nSPS) is 11.7. The van der Waals surface area contributed by atoms with Gasteiger partial charge in [0.25, 0.3) is 0 Å². The SMILES string of the molecule is CCOCCN(CCOCC)N(CCOC)CCOC. The highest BCUT2D eigenvalue weighted by Gasteiger charge is 2.14. The number of methoxy groups -OCH3 is 2. The van der Waals surface area contributed by atoms with Crippen LogP contribution in [0.15, 0.2) is 0 Å². The lowest BCUT2D eigenvalue weighted by atomic mass is 10.5. The Labute approximate surface area is 123 Å². The molecule has 0 amide bonds. The molecule has 0 unspecified atom stereocenters. The maximum absolute atomic E-state index is 5.46. The quantitative estimate of drug-likeness (QED) is 0.330. The Bertz CT molecular complexity index is 178. The lowest BCUT2D eigenvalue weighted by Gasteiger charge is -2.34. The summed E-state index contributed by atoms with van der Waals surface area (Å²) in [6.07, 6.45) is 0. The van der Waals surface area contributed by atoms with Gasteiger partial charge in [-0.15, -0.1) is 0 Å². The summed E-state index contributed by atoms with van der Waals surface area (Å²) in [7, 11) is 3.44. The molecule has 0 aliphatic heterocycles. The van der Waals surface area contributed by atoms with Crippen molar-refractivity contribution >= 4 is 0 Å². The van der Waals surface area contributed by atoms with Crippen LogP contribution in [0, 0.1) is 0 Å². The highest BCUT2D eigenvalue weighted by molar-refractivity contribution is 4.59. The first-order chi connectivity index (χ1) is 9.79. The van der Waals surface area contributed by atoms with Gasteiger partial charge in [0.2, 0.25) is 0 Å². The van der Waals surface area contributed by atoms with E-state index in [2.05, 4.69) is 10.0 Å². The van der Waals surface area contributed by atoms with E-state index in [-0.39, 0.29) is 0 Å². The van der Waals surface area contributed by atoms with E-state index >= 15 is 0 Å². The van der Waals surface area contributed by atoms with Gasteiger partial charge in [-0.3, -0.25) is 0 Å². The van der Waals surface area contributed by atoms with Crippen LogP contribution in [0.5, 0.6) is 0 Å².